The van der Waals surface area contributed by atoms with Gasteiger partial charge in [0.25, 0.3) is 5.91 Å². The summed E-state index contributed by atoms with van der Waals surface area (Å²) < 4.78 is 5.99. The Kier molecular flexibility index (Phi) is 5.91. The highest BCUT2D eigenvalue weighted by molar-refractivity contribution is 6.35. The van der Waals surface area contributed by atoms with Gasteiger partial charge in [-0.05, 0) is 53.6 Å². The van der Waals surface area contributed by atoms with Crippen molar-refractivity contribution in [1.29, 1.82) is 0 Å². The van der Waals surface area contributed by atoms with Crippen LogP contribution in [0.3, 0.4) is 0 Å². The van der Waals surface area contributed by atoms with E-state index in [0.29, 0.717) is 39.2 Å². The van der Waals surface area contributed by atoms with Crippen LogP contribution in [0, 0.1) is 0 Å². The molecule has 1 aliphatic rings. The Morgan fingerprint density at radius 1 is 0.848 bits per heavy atom. The van der Waals surface area contributed by atoms with E-state index < -0.39 is 0 Å². The van der Waals surface area contributed by atoms with Gasteiger partial charge in [-0.2, -0.15) is 0 Å². The molecule has 162 valence electrons. The Morgan fingerprint density at radius 2 is 1.58 bits per heavy atom. The fraction of sp³-hybridized carbons (Fsp3) is 0.0357. The third kappa shape index (κ3) is 4.51. The molecule has 0 radical (unpaired) electrons. The van der Waals surface area contributed by atoms with Crippen molar-refractivity contribution in [2.45, 2.75) is 6.54 Å². The van der Waals surface area contributed by atoms with Gasteiger partial charge in [-0.3, -0.25) is 4.79 Å². The van der Waals surface area contributed by atoms with Gasteiger partial charge in [0, 0.05) is 16.2 Å². The van der Waals surface area contributed by atoms with Crippen LogP contribution in [0.1, 0.15) is 16.9 Å². The number of rotatable bonds is 5. The van der Waals surface area contributed by atoms with Gasteiger partial charge in [-0.15, -0.1) is 0 Å². The lowest BCUT2D eigenvalue weighted by atomic mass is 10.1. The lowest BCUT2D eigenvalue weighted by Crippen LogP contribution is -2.25. The van der Waals surface area contributed by atoms with E-state index >= 15 is 0 Å². The van der Waals surface area contributed by atoms with E-state index in [1.807, 2.05) is 78.9 Å². The van der Waals surface area contributed by atoms with Gasteiger partial charge < -0.3 is 9.32 Å². The summed E-state index contributed by atoms with van der Waals surface area (Å²) in [6.07, 6.45) is 3.67. The second kappa shape index (κ2) is 9.14. The largest absolute Gasteiger partial charge is 0.457 e. The molecule has 0 saturated heterocycles. The molecule has 3 nitrogen and oxygen atoms in total. The number of amides is 1. The van der Waals surface area contributed by atoms with Crippen LogP contribution in [0.5, 0.6) is 0 Å². The van der Waals surface area contributed by atoms with Crippen molar-refractivity contribution in [3.05, 3.63) is 130 Å². The zero-order valence-electron chi connectivity index (χ0n) is 17.5. The van der Waals surface area contributed by atoms with Gasteiger partial charge in [0.15, 0.2) is 0 Å². The van der Waals surface area contributed by atoms with Gasteiger partial charge in [0.2, 0.25) is 0 Å². The molecule has 5 rings (SSSR count). The second-order valence-corrected chi connectivity index (χ2v) is 8.54. The van der Waals surface area contributed by atoms with Gasteiger partial charge in [-0.1, -0.05) is 83.9 Å². The Bertz CT molecular complexity index is 1370. The van der Waals surface area contributed by atoms with Crippen molar-refractivity contribution in [3.63, 3.8) is 0 Å². The Balaban J connectivity index is 1.50. The summed E-state index contributed by atoms with van der Waals surface area (Å²) >= 11 is 12.4. The number of nitrogens with zero attached hydrogens (tertiary/aromatic N) is 1. The molecule has 5 heteroatoms. The number of carbonyl (C=O) groups excluding carboxylic acids is 1. The number of hydrogen-bond acceptors (Lipinski definition) is 2. The van der Waals surface area contributed by atoms with E-state index in [2.05, 4.69) is 0 Å². The minimum atomic E-state index is -0.0727. The molecule has 0 saturated carbocycles. The molecule has 0 unspecified atom stereocenters. The van der Waals surface area contributed by atoms with Crippen LogP contribution >= 0.6 is 23.2 Å². The van der Waals surface area contributed by atoms with Crippen LogP contribution in [0.4, 0.5) is 0 Å². The van der Waals surface area contributed by atoms with Crippen molar-refractivity contribution in [2.24, 2.45) is 0 Å². The van der Waals surface area contributed by atoms with Crippen LogP contribution in [0.25, 0.3) is 23.1 Å². The summed E-state index contributed by atoms with van der Waals surface area (Å²) in [7, 11) is 0. The molecule has 0 spiro atoms. The first kappa shape index (κ1) is 21.3. The van der Waals surface area contributed by atoms with Crippen molar-refractivity contribution in [2.75, 3.05) is 0 Å². The fourth-order valence-corrected chi connectivity index (χ4v) is 4.22. The van der Waals surface area contributed by atoms with Gasteiger partial charge >= 0.3 is 0 Å². The van der Waals surface area contributed by atoms with Gasteiger partial charge in [0.1, 0.15) is 11.5 Å². The van der Waals surface area contributed by atoms with E-state index in [9.17, 15) is 4.79 Å². The van der Waals surface area contributed by atoms with E-state index in [4.69, 9.17) is 27.6 Å². The summed E-state index contributed by atoms with van der Waals surface area (Å²) in [6.45, 7) is 0.485. The Hall–Kier alpha value is -3.53. The molecule has 4 aromatic rings. The first-order valence-corrected chi connectivity index (χ1v) is 11.2. The zero-order chi connectivity index (χ0) is 22.8. The highest BCUT2D eigenvalue weighted by Crippen LogP contribution is 2.35. The quantitative estimate of drug-likeness (QED) is 0.279. The summed E-state index contributed by atoms with van der Waals surface area (Å²) in [5.74, 6) is 1.08. The monoisotopic (exact) mass is 471 g/mol. The number of furan rings is 1. The average Bonchev–Trinajstić information content (AvgIpc) is 3.42. The highest BCUT2D eigenvalue weighted by Gasteiger charge is 2.29. The first-order chi connectivity index (χ1) is 16.1. The standard InChI is InChI=1S/C28H19Cl2NO2/c29-22-11-13-25(30)24(17-22)27-14-12-23(33-27)15-21-16-26(20-9-5-2-6-10-20)31(28(21)32)18-19-7-3-1-4-8-19/h1-17H,18H2/b21-15+. The number of halogens is 2. The summed E-state index contributed by atoms with van der Waals surface area (Å²) in [5, 5.41) is 1.12. The topological polar surface area (TPSA) is 33.5 Å². The van der Waals surface area contributed by atoms with Gasteiger partial charge in [-0.25, -0.2) is 0 Å². The van der Waals surface area contributed by atoms with Crippen molar-refractivity contribution in [3.8, 4) is 11.3 Å². The molecule has 33 heavy (non-hydrogen) atoms. The molecule has 0 atom stereocenters. The fourth-order valence-electron chi connectivity index (χ4n) is 3.84. The molecule has 1 aliphatic heterocycles. The minimum Gasteiger partial charge on any atom is -0.457 e. The van der Waals surface area contributed by atoms with E-state index in [-0.39, 0.29) is 5.91 Å². The molecular formula is C28H19Cl2NO2. The van der Waals surface area contributed by atoms with Crippen LogP contribution in [0.15, 0.2) is 107 Å². The lowest BCUT2D eigenvalue weighted by molar-refractivity contribution is -0.123. The Morgan fingerprint density at radius 3 is 2.33 bits per heavy atom. The smallest absolute Gasteiger partial charge is 0.258 e. The lowest BCUT2D eigenvalue weighted by Gasteiger charge is -2.20. The molecule has 0 aliphatic carbocycles. The maximum absolute atomic E-state index is 13.4. The van der Waals surface area contributed by atoms with E-state index in [1.54, 1.807) is 29.2 Å². The van der Waals surface area contributed by atoms with Crippen molar-refractivity contribution < 1.29 is 9.21 Å². The zero-order valence-corrected chi connectivity index (χ0v) is 19.1. The third-order valence-corrected chi connectivity index (χ3v) is 6.01. The molecule has 2 heterocycles. The Labute approximate surface area is 202 Å². The minimum absolute atomic E-state index is 0.0727. The maximum Gasteiger partial charge on any atom is 0.258 e. The average molecular weight is 472 g/mol. The summed E-state index contributed by atoms with van der Waals surface area (Å²) in [6, 6.07) is 28.7. The predicted molar refractivity (Wildman–Crippen MR) is 134 cm³/mol. The highest BCUT2D eigenvalue weighted by atomic mass is 35.5. The molecule has 1 amide bonds. The summed E-state index contributed by atoms with van der Waals surface area (Å²) in [4.78, 5) is 15.2. The first-order valence-electron chi connectivity index (χ1n) is 10.5. The molecule has 0 fully saturated rings. The number of benzene rings is 3. The van der Waals surface area contributed by atoms with E-state index in [1.165, 1.54) is 0 Å². The van der Waals surface area contributed by atoms with Crippen molar-refractivity contribution in [1.82, 2.24) is 4.90 Å². The molecule has 0 N–H and O–H groups in total. The van der Waals surface area contributed by atoms with Crippen LogP contribution < -0.4 is 0 Å². The molecule has 0 bridgehead atoms. The SMILES string of the molecule is O=C1/C(=C/c2ccc(-c3cc(Cl)ccc3Cl)o2)C=C(c2ccccc2)N1Cc1ccccc1. The maximum atomic E-state index is 13.4. The van der Waals surface area contributed by atoms with Crippen LogP contribution in [0.2, 0.25) is 10.0 Å². The molecular weight excluding hydrogens is 453 g/mol. The van der Waals surface area contributed by atoms with Crippen molar-refractivity contribution >= 4 is 40.9 Å². The van der Waals surface area contributed by atoms with Gasteiger partial charge in [0.05, 0.1) is 17.3 Å². The molecule has 3 aromatic carbocycles. The second-order valence-electron chi connectivity index (χ2n) is 7.70. The normalized spacial score (nSPS) is 14.7. The number of carbonyl (C=O) groups is 1. The van der Waals surface area contributed by atoms with E-state index in [0.717, 1.165) is 16.8 Å². The predicted octanol–water partition coefficient (Wildman–Crippen LogP) is 7.72. The van der Waals surface area contributed by atoms with Crippen LogP contribution in [-0.2, 0) is 11.3 Å². The summed E-state index contributed by atoms with van der Waals surface area (Å²) in [5.41, 5.74) is 4.17. The molecule has 1 aromatic heterocycles. The number of hydrogen-bond donors (Lipinski definition) is 0. The van der Waals surface area contributed by atoms with Crippen LogP contribution in [-0.4, -0.2) is 10.8 Å². The third-order valence-electron chi connectivity index (χ3n) is 5.45.